The van der Waals surface area contributed by atoms with Gasteiger partial charge in [-0.3, -0.25) is 9.59 Å². The standard InChI is InChI=1S/C19H18N2O2S/c1-12-11-24-19(23)21(12)10-9-17(22)20-16-8-7-14-6-5-13-3-2-4-15(16)18(13)14/h2-4,7-8,11H,5-6,9-10H2,1H3,(H,20,22). The molecule has 0 saturated heterocycles. The number of amides is 1. The minimum Gasteiger partial charge on any atom is -0.325 e. The summed E-state index contributed by atoms with van der Waals surface area (Å²) in [7, 11) is 0. The summed E-state index contributed by atoms with van der Waals surface area (Å²) in [5.41, 5.74) is 4.48. The van der Waals surface area contributed by atoms with Gasteiger partial charge in [-0.15, -0.1) is 0 Å². The second kappa shape index (κ2) is 5.91. The number of carbonyl (C=O) groups excluding carboxylic acids is 1. The number of aryl methyl sites for hydroxylation is 3. The van der Waals surface area contributed by atoms with Crippen molar-refractivity contribution in [1.82, 2.24) is 4.57 Å². The smallest absolute Gasteiger partial charge is 0.307 e. The van der Waals surface area contributed by atoms with Crippen LogP contribution in [0.4, 0.5) is 5.69 Å². The Morgan fingerprint density at radius 3 is 2.75 bits per heavy atom. The molecule has 1 N–H and O–H groups in total. The van der Waals surface area contributed by atoms with Gasteiger partial charge in [-0.25, -0.2) is 0 Å². The van der Waals surface area contributed by atoms with Crippen LogP contribution in [0.15, 0.2) is 40.5 Å². The average molecular weight is 338 g/mol. The number of anilines is 1. The Balaban J connectivity index is 1.55. The highest BCUT2D eigenvalue weighted by atomic mass is 32.1. The number of hydrogen-bond donors (Lipinski definition) is 1. The van der Waals surface area contributed by atoms with E-state index in [-0.39, 0.29) is 10.8 Å². The van der Waals surface area contributed by atoms with Crippen molar-refractivity contribution in [3.8, 4) is 0 Å². The van der Waals surface area contributed by atoms with Gasteiger partial charge < -0.3 is 9.88 Å². The predicted molar refractivity (Wildman–Crippen MR) is 97.9 cm³/mol. The van der Waals surface area contributed by atoms with Crippen molar-refractivity contribution in [2.45, 2.75) is 32.7 Å². The van der Waals surface area contributed by atoms with Gasteiger partial charge in [0.2, 0.25) is 5.91 Å². The molecule has 1 heterocycles. The minimum absolute atomic E-state index is 0.00867. The van der Waals surface area contributed by atoms with Crippen LogP contribution in [0.1, 0.15) is 23.2 Å². The van der Waals surface area contributed by atoms with Crippen LogP contribution in [-0.2, 0) is 24.2 Å². The van der Waals surface area contributed by atoms with Gasteiger partial charge in [0.25, 0.3) is 0 Å². The lowest BCUT2D eigenvalue weighted by molar-refractivity contribution is -0.116. The SMILES string of the molecule is Cc1csc(=O)n1CCC(=O)Nc1ccc2c3c(cccc13)CC2. The van der Waals surface area contributed by atoms with Gasteiger partial charge in [0.05, 0.1) is 0 Å². The third-order valence-electron chi connectivity index (χ3n) is 4.69. The van der Waals surface area contributed by atoms with Crippen molar-refractivity contribution in [3.63, 3.8) is 0 Å². The molecule has 24 heavy (non-hydrogen) atoms. The number of nitrogens with zero attached hydrogens (tertiary/aromatic N) is 1. The molecule has 1 aromatic heterocycles. The highest BCUT2D eigenvalue weighted by Crippen LogP contribution is 2.34. The van der Waals surface area contributed by atoms with Gasteiger partial charge in [-0.05, 0) is 42.3 Å². The molecule has 0 aliphatic heterocycles. The first-order valence-electron chi connectivity index (χ1n) is 8.12. The van der Waals surface area contributed by atoms with Crippen molar-refractivity contribution in [3.05, 3.63) is 62.2 Å². The third-order valence-corrected chi connectivity index (χ3v) is 5.57. The van der Waals surface area contributed by atoms with Crippen LogP contribution in [-0.4, -0.2) is 10.5 Å². The average Bonchev–Trinajstić information content (AvgIpc) is 3.13. The number of benzene rings is 2. The Morgan fingerprint density at radius 1 is 1.21 bits per heavy atom. The summed E-state index contributed by atoms with van der Waals surface area (Å²) in [5.74, 6) is -0.0637. The highest BCUT2D eigenvalue weighted by Gasteiger charge is 2.16. The third kappa shape index (κ3) is 2.55. The Kier molecular flexibility index (Phi) is 3.73. The Labute approximate surface area is 143 Å². The second-order valence-electron chi connectivity index (χ2n) is 6.20. The van der Waals surface area contributed by atoms with Crippen LogP contribution in [0.3, 0.4) is 0 Å². The first kappa shape index (κ1) is 15.1. The van der Waals surface area contributed by atoms with Crippen LogP contribution in [0.2, 0.25) is 0 Å². The lowest BCUT2D eigenvalue weighted by Crippen LogP contribution is -2.20. The number of thiazole rings is 1. The van der Waals surface area contributed by atoms with Crippen LogP contribution < -0.4 is 10.2 Å². The van der Waals surface area contributed by atoms with Crippen LogP contribution in [0.25, 0.3) is 10.8 Å². The van der Waals surface area contributed by atoms with Crippen LogP contribution in [0.5, 0.6) is 0 Å². The van der Waals surface area contributed by atoms with E-state index in [1.54, 1.807) is 4.57 Å². The van der Waals surface area contributed by atoms with Crippen molar-refractivity contribution >= 4 is 33.7 Å². The lowest BCUT2D eigenvalue weighted by Gasteiger charge is -2.11. The summed E-state index contributed by atoms with van der Waals surface area (Å²) in [6.07, 6.45) is 2.44. The van der Waals surface area contributed by atoms with Crippen molar-refractivity contribution in [2.24, 2.45) is 0 Å². The summed E-state index contributed by atoms with van der Waals surface area (Å²) in [4.78, 5) is 24.0. The first-order chi connectivity index (χ1) is 11.6. The summed E-state index contributed by atoms with van der Waals surface area (Å²) < 4.78 is 1.65. The zero-order valence-electron chi connectivity index (χ0n) is 13.5. The van der Waals surface area contributed by atoms with Crippen LogP contribution in [0, 0.1) is 6.92 Å². The molecule has 122 valence electrons. The summed E-state index contributed by atoms with van der Waals surface area (Å²) in [5, 5.41) is 7.24. The zero-order chi connectivity index (χ0) is 16.7. The molecule has 1 aliphatic carbocycles. The quantitative estimate of drug-likeness (QED) is 0.791. The maximum atomic E-state index is 12.3. The number of nitrogens with one attached hydrogen (secondary N) is 1. The van der Waals surface area contributed by atoms with E-state index in [2.05, 4.69) is 29.6 Å². The molecule has 0 radical (unpaired) electrons. The molecular formula is C19H18N2O2S. The fourth-order valence-electron chi connectivity index (χ4n) is 3.46. The zero-order valence-corrected chi connectivity index (χ0v) is 14.3. The molecule has 3 aromatic rings. The van der Waals surface area contributed by atoms with E-state index in [0.29, 0.717) is 13.0 Å². The van der Waals surface area contributed by atoms with Crippen molar-refractivity contribution in [2.75, 3.05) is 5.32 Å². The van der Waals surface area contributed by atoms with E-state index >= 15 is 0 Å². The number of aromatic nitrogens is 1. The van der Waals surface area contributed by atoms with Gasteiger partial charge in [0.15, 0.2) is 0 Å². The molecule has 1 amide bonds. The lowest BCUT2D eigenvalue weighted by atomic mass is 10.0. The molecule has 0 saturated carbocycles. The first-order valence-corrected chi connectivity index (χ1v) is 9.00. The van der Waals surface area contributed by atoms with E-state index in [0.717, 1.165) is 29.6 Å². The summed E-state index contributed by atoms with van der Waals surface area (Å²) >= 11 is 1.17. The number of hydrogen-bond acceptors (Lipinski definition) is 3. The van der Waals surface area contributed by atoms with Crippen LogP contribution >= 0.6 is 11.3 Å². The monoisotopic (exact) mass is 338 g/mol. The highest BCUT2D eigenvalue weighted by molar-refractivity contribution is 7.07. The number of rotatable bonds is 4. The molecule has 5 heteroatoms. The number of carbonyl (C=O) groups is 1. The van der Waals surface area contributed by atoms with Crippen molar-refractivity contribution in [1.29, 1.82) is 0 Å². The van der Waals surface area contributed by atoms with Gasteiger partial charge in [0.1, 0.15) is 0 Å². The van der Waals surface area contributed by atoms with Gasteiger partial charge in [-0.1, -0.05) is 35.6 Å². The van der Waals surface area contributed by atoms with Crippen molar-refractivity contribution < 1.29 is 4.79 Å². The second-order valence-corrected chi connectivity index (χ2v) is 7.03. The van der Waals surface area contributed by atoms with E-state index < -0.39 is 0 Å². The minimum atomic E-state index is -0.0637. The molecule has 0 bridgehead atoms. The topological polar surface area (TPSA) is 51.1 Å². The van der Waals surface area contributed by atoms with E-state index in [1.165, 1.54) is 27.8 Å². The molecule has 0 spiro atoms. The Morgan fingerprint density at radius 2 is 2.00 bits per heavy atom. The summed E-state index contributed by atoms with van der Waals surface area (Å²) in [6, 6.07) is 10.4. The Bertz CT molecular complexity index is 990. The fourth-order valence-corrected chi connectivity index (χ4v) is 4.22. The van der Waals surface area contributed by atoms with Gasteiger partial charge in [0, 0.05) is 35.1 Å². The van der Waals surface area contributed by atoms with E-state index in [9.17, 15) is 9.59 Å². The largest absolute Gasteiger partial charge is 0.325 e. The van der Waals surface area contributed by atoms with Gasteiger partial charge in [-0.2, -0.15) is 0 Å². The van der Waals surface area contributed by atoms with E-state index in [1.807, 2.05) is 18.4 Å². The Hall–Kier alpha value is -2.40. The predicted octanol–water partition coefficient (Wildman–Crippen LogP) is 3.50. The maximum absolute atomic E-state index is 12.3. The fraction of sp³-hybridized carbons (Fsp3) is 0.263. The molecule has 0 atom stereocenters. The molecule has 4 nitrogen and oxygen atoms in total. The molecule has 0 unspecified atom stereocenters. The maximum Gasteiger partial charge on any atom is 0.307 e. The molecule has 4 rings (SSSR count). The summed E-state index contributed by atoms with van der Waals surface area (Å²) in [6.45, 7) is 2.31. The molecular weight excluding hydrogens is 320 g/mol. The molecule has 0 fully saturated rings. The van der Waals surface area contributed by atoms with Gasteiger partial charge >= 0.3 is 4.87 Å². The normalized spacial score (nSPS) is 12.7. The molecule has 2 aromatic carbocycles. The molecule has 1 aliphatic rings. The van der Waals surface area contributed by atoms with E-state index in [4.69, 9.17) is 0 Å².